The molecule has 5 aliphatic rings. The monoisotopic (exact) mass is 906 g/mol. The van der Waals surface area contributed by atoms with Gasteiger partial charge in [0.15, 0.2) is 5.82 Å². The van der Waals surface area contributed by atoms with Gasteiger partial charge in [-0.05, 0) is 136 Å². The van der Waals surface area contributed by atoms with Crippen LogP contribution in [0.25, 0.3) is 0 Å². The van der Waals surface area contributed by atoms with E-state index in [1.165, 1.54) is 62.0 Å². The first-order valence-electron chi connectivity index (χ1n) is 23.0. The summed E-state index contributed by atoms with van der Waals surface area (Å²) in [6, 6.07) is 17.8. The van der Waals surface area contributed by atoms with Crippen LogP contribution in [-0.2, 0) is 33.5 Å². The number of amides is 3. The molecule has 1 spiro atoms. The van der Waals surface area contributed by atoms with Gasteiger partial charge in [-0.3, -0.25) is 24.6 Å². The minimum atomic E-state index is -2.56. The van der Waals surface area contributed by atoms with Crippen LogP contribution in [0.15, 0.2) is 60.8 Å². The number of carbonyl (C=O) groups excluding carboxylic acids is 3. The van der Waals surface area contributed by atoms with E-state index in [1.807, 2.05) is 36.4 Å². The molecule has 3 aromatic carbocycles. The third-order valence-electron chi connectivity index (χ3n) is 14.7. The van der Waals surface area contributed by atoms with Crippen LogP contribution in [0.3, 0.4) is 0 Å². The van der Waals surface area contributed by atoms with Crippen LogP contribution in [0, 0.1) is 11.3 Å². The average Bonchev–Trinajstić information content (AvgIpc) is 3.86. The van der Waals surface area contributed by atoms with Crippen molar-refractivity contribution in [2.24, 2.45) is 11.3 Å². The lowest BCUT2D eigenvalue weighted by atomic mass is 9.68. The van der Waals surface area contributed by atoms with Crippen molar-refractivity contribution >= 4 is 70.6 Å². The lowest BCUT2D eigenvalue weighted by Crippen LogP contribution is -2.52. The van der Waals surface area contributed by atoms with Crippen molar-refractivity contribution in [3.05, 3.63) is 88.1 Å². The molecule has 4 aromatic rings. The first kappa shape index (κ1) is 44.2. The van der Waals surface area contributed by atoms with E-state index in [1.54, 1.807) is 31.5 Å². The summed E-state index contributed by atoms with van der Waals surface area (Å²) in [5.41, 5.74) is 7.30. The van der Waals surface area contributed by atoms with Gasteiger partial charge in [0.2, 0.25) is 17.8 Å². The molecular formula is C49H60ClN8O5P. The molecule has 1 aliphatic carbocycles. The molecule has 3 saturated heterocycles. The molecule has 4 fully saturated rings. The topological polar surface area (TPSA) is 149 Å². The minimum Gasteiger partial charge on any atom is -0.494 e. The fourth-order valence-corrected chi connectivity index (χ4v) is 12.4. The second kappa shape index (κ2) is 18.1. The Kier molecular flexibility index (Phi) is 12.5. The maximum Gasteiger partial charge on any atom is 0.255 e. The molecule has 338 valence electrons. The number of aromatic nitrogens is 2. The minimum absolute atomic E-state index is 0.0949. The van der Waals surface area contributed by atoms with E-state index in [9.17, 15) is 18.9 Å². The zero-order chi connectivity index (χ0) is 44.8. The number of para-hydroxylation sites is 1. The van der Waals surface area contributed by atoms with Crippen LogP contribution in [0.4, 0.5) is 28.8 Å². The van der Waals surface area contributed by atoms with Gasteiger partial charge in [0.1, 0.15) is 24.0 Å². The molecule has 1 saturated carbocycles. The number of nitrogens with one attached hydrogen (secondary N) is 3. The van der Waals surface area contributed by atoms with Crippen molar-refractivity contribution in [3.63, 3.8) is 0 Å². The Bertz CT molecular complexity index is 2500. The number of halogens is 1. The number of likely N-dealkylation sites (tertiary alicyclic amines) is 1. The third kappa shape index (κ3) is 9.00. The van der Waals surface area contributed by atoms with Crippen LogP contribution in [0.1, 0.15) is 91.8 Å². The molecule has 1 atom stereocenters. The predicted octanol–water partition coefficient (Wildman–Crippen LogP) is 8.29. The van der Waals surface area contributed by atoms with Gasteiger partial charge in [0.05, 0.1) is 24.7 Å². The summed E-state index contributed by atoms with van der Waals surface area (Å²) in [5, 5.41) is 10.2. The summed E-state index contributed by atoms with van der Waals surface area (Å²) >= 11 is 6.55. The summed E-state index contributed by atoms with van der Waals surface area (Å²) in [6.45, 7) is 10.4. The van der Waals surface area contributed by atoms with Gasteiger partial charge in [-0.1, -0.05) is 42.8 Å². The molecule has 4 aliphatic heterocycles. The molecule has 13 nitrogen and oxygen atoms in total. The first-order chi connectivity index (χ1) is 30.8. The second-order valence-corrected chi connectivity index (χ2v) is 22.6. The van der Waals surface area contributed by atoms with Crippen molar-refractivity contribution in [1.82, 2.24) is 25.1 Å². The zero-order valence-electron chi connectivity index (χ0n) is 37.4. The SMILES string of the molecule is CCc1cc(Nc2ncc(Cl)c(Nc3ccccc3P(C)(C)=O)n2)c(OC)cc1N1CCC(N2CCC3(CCC(Cc4cccc5c4CN(C4CCC(=O)NC4=O)C5=O)CC3)C2)CC1. The summed E-state index contributed by atoms with van der Waals surface area (Å²) in [6.07, 6.45) is 12.4. The number of fused-ring (bicyclic) bond motifs is 1. The molecule has 3 N–H and O–H groups in total. The van der Waals surface area contributed by atoms with Crippen LogP contribution in [-0.4, -0.2) is 96.2 Å². The molecule has 1 aromatic heterocycles. The quantitative estimate of drug-likeness (QED) is 0.0932. The highest BCUT2D eigenvalue weighted by atomic mass is 35.5. The van der Waals surface area contributed by atoms with Crippen molar-refractivity contribution in [2.75, 3.05) is 62.2 Å². The number of nitrogens with zero attached hydrogens (tertiary/aromatic N) is 5. The lowest BCUT2D eigenvalue weighted by molar-refractivity contribution is -0.136. The van der Waals surface area contributed by atoms with Gasteiger partial charge in [-0.2, -0.15) is 4.98 Å². The normalized spacial score (nSPS) is 23.1. The number of hydrogen-bond acceptors (Lipinski definition) is 11. The van der Waals surface area contributed by atoms with Crippen LogP contribution < -0.4 is 30.9 Å². The van der Waals surface area contributed by atoms with Crippen LogP contribution in [0.5, 0.6) is 5.75 Å². The van der Waals surface area contributed by atoms with Crippen molar-refractivity contribution < 1.29 is 23.7 Å². The molecule has 64 heavy (non-hydrogen) atoms. The Morgan fingerprint density at radius 3 is 2.44 bits per heavy atom. The second-order valence-electron chi connectivity index (χ2n) is 19.0. The standard InChI is InChI=1S/C49H60ClN8O5P/c1-5-32-26-39(53-48-51-28-37(50)45(55-48)52-38-11-6-7-12-43(38)64(3,4)62)42(63-2)27-41(32)56-22-17-34(18-23-56)57-24-21-49(30-57)19-15-31(16-20-49)25-33-9-8-10-35-36(33)29-58(47(35)61)40-13-14-44(59)54-46(40)60/h6-12,26-28,31,34,40H,5,13-25,29-30H2,1-4H3,(H,54,59,60)(H2,51,52,53,55). The first-order valence-corrected chi connectivity index (χ1v) is 26.0. The number of hydrogen-bond donors (Lipinski definition) is 3. The lowest BCUT2D eigenvalue weighted by Gasteiger charge is -2.41. The molecule has 0 bridgehead atoms. The molecule has 5 heterocycles. The summed E-state index contributed by atoms with van der Waals surface area (Å²) < 4.78 is 19.0. The predicted molar refractivity (Wildman–Crippen MR) is 254 cm³/mol. The Morgan fingerprint density at radius 1 is 0.922 bits per heavy atom. The van der Waals surface area contributed by atoms with E-state index in [0.29, 0.717) is 64.1 Å². The third-order valence-corrected chi connectivity index (χ3v) is 16.5. The summed E-state index contributed by atoms with van der Waals surface area (Å²) in [7, 11) is -0.868. The zero-order valence-corrected chi connectivity index (χ0v) is 39.1. The maximum atomic E-state index is 13.4. The number of benzene rings is 3. The maximum absolute atomic E-state index is 13.4. The number of imide groups is 1. The number of carbonyl (C=O) groups is 3. The fourth-order valence-electron chi connectivity index (χ4n) is 11.1. The van der Waals surface area contributed by atoms with Crippen LogP contribution in [0.2, 0.25) is 5.02 Å². The Morgan fingerprint density at radius 2 is 1.70 bits per heavy atom. The highest BCUT2D eigenvalue weighted by molar-refractivity contribution is 7.70. The number of ether oxygens (including phenoxy) is 1. The number of rotatable bonds is 12. The van der Waals surface area contributed by atoms with Gasteiger partial charge < -0.3 is 29.7 Å². The van der Waals surface area contributed by atoms with E-state index < -0.39 is 13.2 Å². The molecule has 3 amide bonds. The van der Waals surface area contributed by atoms with Gasteiger partial charge >= 0.3 is 0 Å². The van der Waals surface area contributed by atoms with Crippen LogP contribution >= 0.6 is 18.7 Å². The average molecular weight is 907 g/mol. The van der Waals surface area contributed by atoms with E-state index in [4.69, 9.17) is 21.3 Å². The highest BCUT2D eigenvalue weighted by Crippen LogP contribution is 2.48. The van der Waals surface area contributed by atoms with E-state index in [-0.39, 0.29) is 24.1 Å². The van der Waals surface area contributed by atoms with Gasteiger partial charge in [0, 0.05) is 61.3 Å². The van der Waals surface area contributed by atoms with Crippen molar-refractivity contribution in [2.45, 2.75) is 96.2 Å². The van der Waals surface area contributed by atoms with E-state index in [2.05, 4.69) is 55.9 Å². The fraction of sp³-hybridized carbons (Fsp3) is 0.490. The number of aryl methyl sites for hydroxylation is 1. The summed E-state index contributed by atoms with van der Waals surface area (Å²) in [5.74, 6) is 1.36. The Hall–Kier alpha value is -4.97. The molecule has 1 unspecified atom stereocenters. The Labute approximate surface area is 381 Å². The molecule has 15 heteroatoms. The molecular weight excluding hydrogens is 847 g/mol. The molecule has 9 rings (SSSR count). The smallest absolute Gasteiger partial charge is 0.255 e. The summed E-state index contributed by atoms with van der Waals surface area (Å²) in [4.78, 5) is 54.0. The van der Waals surface area contributed by atoms with E-state index in [0.717, 1.165) is 55.3 Å². The van der Waals surface area contributed by atoms with Crippen molar-refractivity contribution in [1.29, 1.82) is 0 Å². The van der Waals surface area contributed by atoms with Gasteiger partial charge in [0.25, 0.3) is 5.91 Å². The largest absolute Gasteiger partial charge is 0.494 e. The number of methoxy groups -OCH3 is 1. The van der Waals surface area contributed by atoms with E-state index >= 15 is 0 Å². The Balaban J connectivity index is 0.793. The number of piperidine rings is 2. The molecule has 0 radical (unpaired) electrons. The highest BCUT2D eigenvalue weighted by Gasteiger charge is 2.44. The van der Waals surface area contributed by atoms with Gasteiger partial charge in [-0.25, -0.2) is 4.98 Å². The van der Waals surface area contributed by atoms with Gasteiger partial charge in [-0.15, -0.1) is 0 Å². The van der Waals surface area contributed by atoms with Crippen molar-refractivity contribution in [3.8, 4) is 5.75 Å². The number of anilines is 5.